The topological polar surface area (TPSA) is 26.0 Å². The first kappa shape index (κ1) is 11.9. The maximum Gasteiger partial charge on any atom is 0.0268 e. The highest BCUT2D eigenvalue weighted by molar-refractivity contribution is 9.10. The van der Waals surface area contributed by atoms with Crippen molar-refractivity contribution in [2.45, 2.75) is 19.9 Å². The highest BCUT2D eigenvalue weighted by atomic mass is 79.9. The SMILES string of the molecule is Cc1cc(Br)ccc1[C@H](C)N.Cl. The molecule has 1 atom stereocenters. The van der Waals surface area contributed by atoms with Crippen molar-refractivity contribution in [3.05, 3.63) is 33.8 Å². The van der Waals surface area contributed by atoms with Crippen LogP contribution in [0.15, 0.2) is 22.7 Å². The Morgan fingerprint density at radius 2 is 2.00 bits per heavy atom. The first-order valence-electron chi connectivity index (χ1n) is 3.63. The lowest BCUT2D eigenvalue weighted by Crippen LogP contribution is -2.06. The molecule has 0 aliphatic carbocycles. The Balaban J connectivity index is 0.00000121. The molecule has 2 N–H and O–H groups in total. The van der Waals surface area contributed by atoms with E-state index in [1.807, 2.05) is 13.0 Å². The van der Waals surface area contributed by atoms with Crippen LogP contribution in [0, 0.1) is 6.92 Å². The van der Waals surface area contributed by atoms with Gasteiger partial charge in [0.2, 0.25) is 0 Å². The third-order valence-corrected chi connectivity index (χ3v) is 2.22. The number of hydrogen-bond acceptors (Lipinski definition) is 1. The molecule has 0 saturated heterocycles. The molecule has 12 heavy (non-hydrogen) atoms. The zero-order chi connectivity index (χ0) is 8.43. The van der Waals surface area contributed by atoms with E-state index in [1.165, 1.54) is 11.1 Å². The second-order valence-electron chi connectivity index (χ2n) is 2.79. The van der Waals surface area contributed by atoms with Gasteiger partial charge >= 0.3 is 0 Å². The van der Waals surface area contributed by atoms with E-state index in [0.717, 1.165) is 4.47 Å². The normalized spacial score (nSPS) is 12.0. The Kier molecular flexibility index (Phi) is 4.83. The van der Waals surface area contributed by atoms with Gasteiger partial charge in [0.15, 0.2) is 0 Å². The van der Waals surface area contributed by atoms with Gasteiger partial charge in [0, 0.05) is 10.5 Å². The Bertz CT molecular complexity index is 261. The number of halogens is 2. The van der Waals surface area contributed by atoms with Crippen LogP contribution >= 0.6 is 28.3 Å². The molecule has 1 aromatic rings. The minimum Gasteiger partial charge on any atom is -0.324 e. The van der Waals surface area contributed by atoms with Gasteiger partial charge in [-0.25, -0.2) is 0 Å². The van der Waals surface area contributed by atoms with Gasteiger partial charge < -0.3 is 5.73 Å². The highest BCUT2D eigenvalue weighted by Gasteiger charge is 2.02. The monoisotopic (exact) mass is 249 g/mol. The minimum atomic E-state index is 0. The lowest BCUT2D eigenvalue weighted by atomic mass is 10.0. The Morgan fingerprint density at radius 1 is 1.42 bits per heavy atom. The molecule has 68 valence electrons. The van der Waals surface area contributed by atoms with E-state index >= 15 is 0 Å². The molecule has 3 heteroatoms. The summed E-state index contributed by atoms with van der Waals surface area (Å²) in [7, 11) is 0. The fourth-order valence-electron chi connectivity index (χ4n) is 1.15. The molecule has 0 bridgehead atoms. The van der Waals surface area contributed by atoms with Gasteiger partial charge in [-0.05, 0) is 37.1 Å². The van der Waals surface area contributed by atoms with Crippen LogP contribution in [-0.4, -0.2) is 0 Å². The number of benzene rings is 1. The minimum absolute atomic E-state index is 0. The van der Waals surface area contributed by atoms with Gasteiger partial charge in [-0.1, -0.05) is 22.0 Å². The maximum atomic E-state index is 5.75. The second-order valence-corrected chi connectivity index (χ2v) is 3.71. The number of aryl methyl sites for hydroxylation is 1. The van der Waals surface area contributed by atoms with Crippen LogP contribution in [0.1, 0.15) is 24.1 Å². The summed E-state index contributed by atoms with van der Waals surface area (Å²) in [6, 6.07) is 6.29. The van der Waals surface area contributed by atoms with E-state index in [-0.39, 0.29) is 18.4 Å². The van der Waals surface area contributed by atoms with E-state index in [0.29, 0.717) is 0 Å². The van der Waals surface area contributed by atoms with Crippen LogP contribution < -0.4 is 5.73 Å². The van der Waals surface area contributed by atoms with Crippen LogP contribution in [0.4, 0.5) is 0 Å². The predicted octanol–water partition coefficient (Wildman–Crippen LogP) is 3.20. The standard InChI is InChI=1S/C9H12BrN.ClH/c1-6-5-8(10)3-4-9(6)7(2)11;/h3-5,7H,11H2,1-2H3;1H/t7-;/m0./s1. The Labute approximate surface area is 87.9 Å². The first-order chi connectivity index (χ1) is 5.11. The van der Waals surface area contributed by atoms with E-state index in [4.69, 9.17) is 5.73 Å². The zero-order valence-electron chi connectivity index (χ0n) is 7.17. The summed E-state index contributed by atoms with van der Waals surface area (Å²) in [4.78, 5) is 0. The summed E-state index contributed by atoms with van der Waals surface area (Å²) in [5.41, 5.74) is 8.21. The van der Waals surface area contributed by atoms with Gasteiger partial charge in [-0.3, -0.25) is 0 Å². The molecule has 0 radical (unpaired) electrons. The summed E-state index contributed by atoms with van der Waals surface area (Å²) >= 11 is 3.40. The van der Waals surface area contributed by atoms with Crippen molar-refractivity contribution in [3.63, 3.8) is 0 Å². The van der Waals surface area contributed by atoms with Crippen LogP contribution in [0.25, 0.3) is 0 Å². The van der Waals surface area contributed by atoms with Crippen molar-refractivity contribution < 1.29 is 0 Å². The molecule has 0 aliphatic heterocycles. The molecule has 0 fully saturated rings. The molecule has 1 aromatic carbocycles. The summed E-state index contributed by atoms with van der Waals surface area (Å²) in [5.74, 6) is 0. The molecule has 0 saturated carbocycles. The fraction of sp³-hybridized carbons (Fsp3) is 0.333. The van der Waals surface area contributed by atoms with Gasteiger partial charge in [-0.2, -0.15) is 0 Å². The zero-order valence-corrected chi connectivity index (χ0v) is 9.58. The third-order valence-electron chi connectivity index (χ3n) is 1.72. The van der Waals surface area contributed by atoms with Crippen molar-refractivity contribution in [1.82, 2.24) is 0 Å². The van der Waals surface area contributed by atoms with Gasteiger partial charge in [0.05, 0.1) is 0 Å². The third kappa shape index (κ3) is 2.77. The quantitative estimate of drug-likeness (QED) is 0.814. The molecule has 0 spiro atoms. The van der Waals surface area contributed by atoms with Crippen LogP contribution in [0.5, 0.6) is 0 Å². The van der Waals surface area contributed by atoms with E-state index in [9.17, 15) is 0 Å². The lowest BCUT2D eigenvalue weighted by Gasteiger charge is -2.08. The average Bonchev–Trinajstić information content (AvgIpc) is 1.85. The molecule has 1 nitrogen and oxygen atoms in total. The molecule has 0 amide bonds. The van der Waals surface area contributed by atoms with E-state index in [2.05, 4.69) is 35.0 Å². The molecule has 1 rings (SSSR count). The van der Waals surface area contributed by atoms with Gasteiger partial charge in [-0.15, -0.1) is 12.4 Å². The second kappa shape index (κ2) is 4.85. The molecule has 0 unspecified atom stereocenters. The predicted molar refractivity (Wildman–Crippen MR) is 58.7 cm³/mol. The fourth-order valence-corrected chi connectivity index (χ4v) is 1.63. The summed E-state index contributed by atoms with van der Waals surface area (Å²) in [6.07, 6.45) is 0. The van der Waals surface area contributed by atoms with Crippen LogP contribution in [0.2, 0.25) is 0 Å². The smallest absolute Gasteiger partial charge is 0.0268 e. The Morgan fingerprint density at radius 3 is 2.42 bits per heavy atom. The van der Waals surface area contributed by atoms with E-state index < -0.39 is 0 Å². The summed E-state index contributed by atoms with van der Waals surface area (Å²) in [5, 5.41) is 0. The van der Waals surface area contributed by atoms with E-state index in [1.54, 1.807) is 0 Å². The lowest BCUT2D eigenvalue weighted by molar-refractivity contribution is 0.809. The number of hydrogen-bond donors (Lipinski definition) is 1. The molecular weight excluding hydrogens is 237 g/mol. The summed E-state index contributed by atoms with van der Waals surface area (Å²) < 4.78 is 1.11. The van der Waals surface area contributed by atoms with Crippen molar-refractivity contribution >= 4 is 28.3 Å². The number of nitrogens with two attached hydrogens (primary N) is 1. The maximum absolute atomic E-state index is 5.75. The Hall–Kier alpha value is -0.0500. The number of rotatable bonds is 1. The van der Waals surface area contributed by atoms with Crippen molar-refractivity contribution in [2.75, 3.05) is 0 Å². The van der Waals surface area contributed by atoms with Crippen molar-refractivity contribution in [2.24, 2.45) is 5.73 Å². The molecule has 0 aromatic heterocycles. The molecule has 0 heterocycles. The van der Waals surface area contributed by atoms with Crippen molar-refractivity contribution in [1.29, 1.82) is 0 Å². The average molecular weight is 251 g/mol. The molecule has 0 aliphatic rings. The highest BCUT2D eigenvalue weighted by Crippen LogP contribution is 2.19. The largest absolute Gasteiger partial charge is 0.324 e. The van der Waals surface area contributed by atoms with Crippen LogP contribution in [-0.2, 0) is 0 Å². The van der Waals surface area contributed by atoms with Crippen LogP contribution in [0.3, 0.4) is 0 Å². The van der Waals surface area contributed by atoms with Crippen molar-refractivity contribution in [3.8, 4) is 0 Å². The first-order valence-corrected chi connectivity index (χ1v) is 4.42. The molecular formula is C9H13BrClN. The van der Waals surface area contributed by atoms with Gasteiger partial charge in [0.1, 0.15) is 0 Å². The van der Waals surface area contributed by atoms with Gasteiger partial charge in [0.25, 0.3) is 0 Å². The summed E-state index contributed by atoms with van der Waals surface area (Å²) in [6.45, 7) is 4.07.